The van der Waals surface area contributed by atoms with Crippen LogP contribution in [0.5, 0.6) is 5.75 Å². The second-order valence-corrected chi connectivity index (χ2v) is 3.95. The molecule has 0 aliphatic carbocycles. The molecule has 0 fully saturated rings. The van der Waals surface area contributed by atoms with Crippen LogP contribution in [-0.2, 0) is 9.53 Å². The number of rotatable bonds is 5. The highest BCUT2D eigenvalue weighted by molar-refractivity contribution is 7.98. The zero-order valence-electron chi connectivity index (χ0n) is 9.73. The molecule has 1 aromatic carbocycles. The molecule has 0 radical (unpaired) electrons. The van der Waals surface area contributed by atoms with E-state index in [9.17, 15) is 4.79 Å². The van der Waals surface area contributed by atoms with Gasteiger partial charge in [0.1, 0.15) is 11.8 Å². The zero-order valence-corrected chi connectivity index (χ0v) is 10.5. The van der Waals surface area contributed by atoms with Crippen molar-refractivity contribution < 1.29 is 14.3 Å². The van der Waals surface area contributed by atoms with Crippen LogP contribution < -0.4 is 4.74 Å². The molecule has 0 spiro atoms. The van der Waals surface area contributed by atoms with Gasteiger partial charge in [0.25, 0.3) is 0 Å². The number of benzene rings is 1. The van der Waals surface area contributed by atoms with E-state index in [0.29, 0.717) is 17.9 Å². The van der Waals surface area contributed by atoms with Crippen LogP contribution in [0.15, 0.2) is 23.1 Å². The van der Waals surface area contributed by atoms with E-state index < -0.39 is 5.97 Å². The first-order valence-electron chi connectivity index (χ1n) is 5.07. The molecule has 1 rings (SSSR count). The largest absolute Gasteiger partial charge is 0.481 e. The van der Waals surface area contributed by atoms with E-state index in [0.717, 1.165) is 4.90 Å². The fraction of sp³-hybridized carbons (Fsp3) is 0.333. The van der Waals surface area contributed by atoms with E-state index >= 15 is 0 Å². The van der Waals surface area contributed by atoms with E-state index in [2.05, 4.69) is 0 Å². The molecule has 17 heavy (non-hydrogen) atoms. The molecule has 0 aromatic heterocycles. The maximum absolute atomic E-state index is 11.1. The topological polar surface area (TPSA) is 59.3 Å². The van der Waals surface area contributed by atoms with Crippen molar-refractivity contribution >= 4 is 17.7 Å². The van der Waals surface area contributed by atoms with Crippen LogP contribution in [0.1, 0.15) is 12.5 Å². The van der Waals surface area contributed by atoms with Gasteiger partial charge in [-0.05, 0) is 31.4 Å². The van der Waals surface area contributed by atoms with Crippen LogP contribution in [-0.4, -0.2) is 25.4 Å². The van der Waals surface area contributed by atoms with E-state index in [4.69, 9.17) is 14.7 Å². The Balaban J connectivity index is 2.71. The van der Waals surface area contributed by atoms with E-state index in [1.807, 2.05) is 18.4 Å². The Morgan fingerprint density at radius 3 is 2.88 bits per heavy atom. The average Bonchev–Trinajstić information content (AvgIpc) is 2.36. The summed E-state index contributed by atoms with van der Waals surface area (Å²) in [5.74, 6) is -0.0383. The standard InChI is InChI=1S/C12H13NO3S/c1-3-15-12(14)8-16-11-5-4-10(17-2)6-9(11)7-13/h4-6H,3,8H2,1-2H3. The molecule has 1 aromatic rings. The highest BCUT2D eigenvalue weighted by atomic mass is 32.2. The Hall–Kier alpha value is -1.67. The smallest absolute Gasteiger partial charge is 0.344 e. The SMILES string of the molecule is CCOC(=O)COc1ccc(SC)cc1C#N. The monoisotopic (exact) mass is 251 g/mol. The van der Waals surface area contributed by atoms with E-state index in [-0.39, 0.29) is 6.61 Å². The molecular formula is C12H13NO3S. The number of thioether (sulfide) groups is 1. The molecule has 0 aliphatic heterocycles. The van der Waals surface area contributed by atoms with Crippen LogP contribution in [0.3, 0.4) is 0 Å². The van der Waals surface area contributed by atoms with Crippen molar-refractivity contribution in [3.8, 4) is 11.8 Å². The van der Waals surface area contributed by atoms with Gasteiger partial charge in [0, 0.05) is 4.90 Å². The quantitative estimate of drug-likeness (QED) is 0.593. The molecule has 0 aliphatic rings. The molecule has 0 amide bonds. The van der Waals surface area contributed by atoms with Gasteiger partial charge < -0.3 is 9.47 Å². The van der Waals surface area contributed by atoms with Gasteiger partial charge in [-0.15, -0.1) is 11.8 Å². The summed E-state index contributed by atoms with van der Waals surface area (Å²) in [5.41, 5.74) is 0.418. The maximum Gasteiger partial charge on any atom is 0.344 e. The predicted molar refractivity (Wildman–Crippen MR) is 65.1 cm³/mol. The summed E-state index contributed by atoms with van der Waals surface area (Å²) in [6.45, 7) is 1.87. The van der Waals surface area contributed by atoms with Crippen molar-refractivity contribution in [3.05, 3.63) is 23.8 Å². The minimum absolute atomic E-state index is 0.179. The van der Waals surface area contributed by atoms with Crippen molar-refractivity contribution in [1.29, 1.82) is 5.26 Å². The van der Waals surface area contributed by atoms with Crippen LogP contribution in [0.4, 0.5) is 0 Å². The van der Waals surface area contributed by atoms with Crippen molar-refractivity contribution in [2.45, 2.75) is 11.8 Å². The summed E-state index contributed by atoms with van der Waals surface area (Å²) in [7, 11) is 0. The fourth-order valence-corrected chi connectivity index (χ4v) is 1.63. The van der Waals surface area contributed by atoms with Crippen LogP contribution in [0.2, 0.25) is 0 Å². The molecule has 0 atom stereocenters. The number of carbonyl (C=O) groups excluding carboxylic acids is 1. The normalized spacial score (nSPS) is 9.47. The van der Waals surface area contributed by atoms with Gasteiger partial charge >= 0.3 is 5.97 Å². The predicted octanol–water partition coefficient (Wildman–Crippen LogP) is 2.22. The third-order valence-electron chi connectivity index (χ3n) is 1.96. The van der Waals surface area contributed by atoms with Gasteiger partial charge in [-0.2, -0.15) is 5.26 Å². The first-order valence-corrected chi connectivity index (χ1v) is 6.30. The first kappa shape index (κ1) is 13.4. The maximum atomic E-state index is 11.1. The lowest BCUT2D eigenvalue weighted by atomic mass is 10.2. The number of esters is 1. The number of nitriles is 1. The average molecular weight is 251 g/mol. The second kappa shape index (κ2) is 6.81. The molecule has 0 heterocycles. The molecule has 0 N–H and O–H groups in total. The molecule has 90 valence electrons. The minimum atomic E-state index is -0.440. The molecule has 5 heteroatoms. The van der Waals surface area contributed by atoms with Crippen molar-refractivity contribution in [1.82, 2.24) is 0 Å². The summed E-state index contributed by atoms with van der Waals surface area (Å²) >= 11 is 1.54. The molecule has 0 unspecified atom stereocenters. The Bertz CT molecular complexity index is 440. The van der Waals surface area contributed by atoms with Crippen molar-refractivity contribution in [2.24, 2.45) is 0 Å². The second-order valence-electron chi connectivity index (χ2n) is 3.07. The Morgan fingerprint density at radius 2 is 2.29 bits per heavy atom. The number of carbonyl (C=O) groups is 1. The van der Waals surface area contributed by atoms with E-state index in [1.165, 1.54) is 0 Å². The first-order chi connectivity index (χ1) is 8.21. The number of nitrogens with zero attached hydrogens (tertiary/aromatic N) is 1. The third-order valence-corrected chi connectivity index (χ3v) is 2.68. The molecular weight excluding hydrogens is 238 g/mol. The van der Waals surface area contributed by atoms with Crippen molar-refractivity contribution in [2.75, 3.05) is 19.5 Å². The highest BCUT2D eigenvalue weighted by Crippen LogP contribution is 2.24. The summed E-state index contributed by atoms with van der Waals surface area (Å²) in [4.78, 5) is 12.1. The Labute approximate surface area is 105 Å². The van der Waals surface area contributed by atoms with Gasteiger partial charge in [-0.25, -0.2) is 4.79 Å². The number of hydrogen-bond acceptors (Lipinski definition) is 5. The molecule has 4 nitrogen and oxygen atoms in total. The Kier molecular flexibility index (Phi) is 5.37. The van der Waals surface area contributed by atoms with Gasteiger partial charge in [0.2, 0.25) is 0 Å². The minimum Gasteiger partial charge on any atom is -0.481 e. The third kappa shape index (κ3) is 4.00. The highest BCUT2D eigenvalue weighted by Gasteiger charge is 2.08. The van der Waals surface area contributed by atoms with Gasteiger partial charge in [-0.3, -0.25) is 0 Å². The molecule has 0 bridgehead atoms. The lowest BCUT2D eigenvalue weighted by Crippen LogP contribution is -2.15. The molecule has 0 saturated carbocycles. The Morgan fingerprint density at radius 1 is 1.53 bits per heavy atom. The number of hydrogen-bond donors (Lipinski definition) is 0. The van der Waals surface area contributed by atoms with E-state index in [1.54, 1.807) is 30.8 Å². The lowest BCUT2D eigenvalue weighted by molar-refractivity contribution is -0.145. The van der Waals surface area contributed by atoms with Crippen molar-refractivity contribution in [3.63, 3.8) is 0 Å². The lowest BCUT2D eigenvalue weighted by Gasteiger charge is -2.08. The fourth-order valence-electron chi connectivity index (χ4n) is 1.19. The summed E-state index contributed by atoms with van der Waals surface area (Å²) < 4.78 is 9.97. The van der Waals surface area contributed by atoms with Gasteiger partial charge in [0.15, 0.2) is 6.61 Å². The number of ether oxygens (including phenoxy) is 2. The van der Waals surface area contributed by atoms with Gasteiger partial charge in [-0.1, -0.05) is 0 Å². The summed E-state index contributed by atoms with van der Waals surface area (Å²) in [6, 6.07) is 7.29. The van der Waals surface area contributed by atoms with Crippen LogP contribution >= 0.6 is 11.8 Å². The van der Waals surface area contributed by atoms with Crippen LogP contribution in [0.25, 0.3) is 0 Å². The molecule has 0 saturated heterocycles. The summed E-state index contributed by atoms with van der Waals surface area (Å²) in [5, 5.41) is 8.95. The summed E-state index contributed by atoms with van der Waals surface area (Å²) in [6.07, 6.45) is 1.93. The van der Waals surface area contributed by atoms with Crippen LogP contribution in [0, 0.1) is 11.3 Å². The zero-order chi connectivity index (χ0) is 12.7. The van der Waals surface area contributed by atoms with Gasteiger partial charge in [0.05, 0.1) is 12.2 Å².